The van der Waals surface area contributed by atoms with Crippen LogP contribution in [-0.2, 0) is 10.2 Å². The zero-order valence-electron chi connectivity index (χ0n) is 14.9. The van der Waals surface area contributed by atoms with Gasteiger partial charge in [-0.3, -0.25) is 4.79 Å². The van der Waals surface area contributed by atoms with Crippen molar-refractivity contribution < 1.29 is 14.3 Å². The molecule has 2 aromatic rings. The van der Waals surface area contributed by atoms with Crippen molar-refractivity contribution in [3.63, 3.8) is 0 Å². The molecule has 0 fully saturated rings. The molecule has 0 aliphatic heterocycles. The highest BCUT2D eigenvalue weighted by molar-refractivity contribution is 6.34. The molecule has 0 heterocycles. The number of hydrogen-bond donors (Lipinski definition) is 1. The highest BCUT2D eigenvalue weighted by Crippen LogP contribution is 2.25. The third kappa shape index (κ3) is 4.83. The smallest absolute Gasteiger partial charge is 0.338 e. The molecule has 5 heteroatoms. The largest absolute Gasteiger partial charge is 0.462 e. The van der Waals surface area contributed by atoms with Crippen LogP contribution in [0.2, 0.25) is 5.02 Å². The van der Waals surface area contributed by atoms with E-state index in [1.807, 2.05) is 12.1 Å². The summed E-state index contributed by atoms with van der Waals surface area (Å²) in [5.74, 6) is -0.703. The minimum absolute atomic E-state index is 0.0290. The van der Waals surface area contributed by atoms with Gasteiger partial charge in [0, 0.05) is 5.56 Å². The van der Waals surface area contributed by atoms with Crippen molar-refractivity contribution in [1.82, 2.24) is 0 Å². The summed E-state index contributed by atoms with van der Waals surface area (Å²) in [5, 5.41) is 3.04. The molecule has 4 nitrogen and oxygen atoms in total. The van der Waals surface area contributed by atoms with Gasteiger partial charge < -0.3 is 10.1 Å². The van der Waals surface area contributed by atoms with Crippen molar-refractivity contribution in [2.45, 2.75) is 33.1 Å². The van der Waals surface area contributed by atoms with Crippen LogP contribution in [0, 0.1) is 0 Å². The number of rotatable bonds is 4. The monoisotopic (exact) mass is 359 g/mol. The quantitative estimate of drug-likeness (QED) is 0.775. The van der Waals surface area contributed by atoms with Crippen molar-refractivity contribution >= 4 is 29.2 Å². The third-order valence-electron chi connectivity index (χ3n) is 3.74. The molecule has 0 atom stereocenters. The van der Waals surface area contributed by atoms with E-state index in [1.54, 1.807) is 31.2 Å². The second kappa shape index (κ2) is 7.70. The first-order valence-corrected chi connectivity index (χ1v) is 8.48. The van der Waals surface area contributed by atoms with Crippen molar-refractivity contribution in [1.29, 1.82) is 0 Å². The van der Waals surface area contributed by atoms with E-state index in [-0.39, 0.29) is 16.3 Å². The van der Waals surface area contributed by atoms with E-state index < -0.39 is 5.97 Å². The van der Waals surface area contributed by atoms with E-state index in [9.17, 15) is 9.59 Å². The average molecular weight is 360 g/mol. The first kappa shape index (κ1) is 19.0. The summed E-state index contributed by atoms with van der Waals surface area (Å²) in [6, 6.07) is 12.1. The summed E-state index contributed by atoms with van der Waals surface area (Å²) in [6.45, 7) is 8.38. The molecule has 132 valence electrons. The van der Waals surface area contributed by atoms with Gasteiger partial charge in [0.1, 0.15) is 0 Å². The van der Waals surface area contributed by atoms with E-state index >= 15 is 0 Å². The molecule has 2 rings (SSSR count). The molecule has 25 heavy (non-hydrogen) atoms. The lowest BCUT2D eigenvalue weighted by Crippen LogP contribution is -2.14. The van der Waals surface area contributed by atoms with Crippen molar-refractivity contribution in [2.24, 2.45) is 0 Å². The molecular formula is C20H22ClNO3. The lowest BCUT2D eigenvalue weighted by atomic mass is 9.87. The van der Waals surface area contributed by atoms with Gasteiger partial charge in [-0.1, -0.05) is 44.5 Å². The number of carbonyl (C=O) groups is 2. The molecule has 0 spiro atoms. The topological polar surface area (TPSA) is 55.4 Å². The predicted molar refractivity (Wildman–Crippen MR) is 101 cm³/mol. The van der Waals surface area contributed by atoms with E-state index in [4.69, 9.17) is 16.3 Å². The van der Waals surface area contributed by atoms with Gasteiger partial charge in [0.25, 0.3) is 5.91 Å². The highest BCUT2D eigenvalue weighted by atomic mass is 35.5. The van der Waals surface area contributed by atoms with Crippen LogP contribution < -0.4 is 5.32 Å². The lowest BCUT2D eigenvalue weighted by Gasteiger charge is -2.19. The van der Waals surface area contributed by atoms with Crippen molar-refractivity contribution in [2.75, 3.05) is 11.9 Å². The average Bonchev–Trinajstić information content (AvgIpc) is 2.56. The van der Waals surface area contributed by atoms with Gasteiger partial charge in [-0.2, -0.15) is 0 Å². The zero-order valence-corrected chi connectivity index (χ0v) is 15.6. The molecule has 0 aliphatic rings. The Labute approximate surface area is 153 Å². The van der Waals surface area contributed by atoms with Gasteiger partial charge in [-0.05, 0) is 48.2 Å². The van der Waals surface area contributed by atoms with Gasteiger partial charge in [-0.15, -0.1) is 0 Å². The predicted octanol–water partition coefficient (Wildman–Crippen LogP) is 5.07. The number of esters is 1. The molecule has 0 unspecified atom stereocenters. The number of amides is 1. The fourth-order valence-electron chi connectivity index (χ4n) is 2.27. The standard InChI is InChI=1S/C20H22ClNO3/c1-5-25-19(24)14-8-11-17(16(21)12-14)22-18(23)13-6-9-15(10-7-13)20(2,3)4/h6-12H,5H2,1-4H3,(H,22,23). The molecule has 1 amide bonds. The molecule has 0 aliphatic carbocycles. The molecule has 2 aromatic carbocycles. The Morgan fingerprint density at radius 2 is 1.64 bits per heavy atom. The SMILES string of the molecule is CCOC(=O)c1ccc(NC(=O)c2ccc(C(C)(C)C)cc2)c(Cl)c1. The zero-order chi connectivity index (χ0) is 18.6. The van der Waals surface area contributed by atoms with Crippen molar-refractivity contribution in [3.8, 4) is 0 Å². The maximum absolute atomic E-state index is 12.4. The number of nitrogens with one attached hydrogen (secondary N) is 1. The minimum atomic E-state index is -0.444. The molecular weight excluding hydrogens is 338 g/mol. The van der Waals surface area contributed by atoms with E-state index in [2.05, 4.69) is 26.1 Å². The fraction of sp³-hybridized carbons (Fsp3) is 0.300. The third-order valence-corrected chi connectivity index (χ3v) is 4.05. The fourth-order valence-corrected chi connectivity index (χ4v) is 2.50. The molecule has 1 N–H and O–H groups in total. The summed E-state index contributed by atoms with van der Waals surface area (Å²) >= 11 is 6.17. The Balaban J connectivity index is 2.14. The van der Waals surface area contributed by atoms with Gasteiger partial charge in [0.15, 0.2) is 0 Å². The van der Waals surface area contributed by atoms with Crippen LogP contribution in [0.3, 0.4) is 0 Å². The Morgan fingerprint density at radius 1 is 1.04 bits per heavy atom. The van der Waals surface area contributed by atoms with Gasteiger partial charge in [-0.25, -0.2) is 4.79 Å². The Hall–Kier alpha value is -2.33. The van der Waals surface area contributed by atoms with E-state index in [0.29, 0.717) is 23.4 Å². The summed E-state index contributed by atoms with van der Waals surface area (Å²) in [7, 11) is 0. The van der Waals surface area contributed by atoms with Crippen LogP contribution in [0.4, 0.5) is 5.69 Å². The molecule has 0 radical (unpaired) electrons. The van der Waals surface area contributed by atoms with Crippen LogP contribution in [0.15, 0.2) is 42.5 Å². The van der Waals surface area contributed by atoms with Crippen LogP contribution >= 0.6 is 11.6 Å². The first-order valence-electron chi connectivity index (χ1n) is 8.11. The molecule has 0 aromatic heterocycles. The second-order valence-corrected chi connectivity index (χ2v) is 7.10. The summed E-state index contributed by atoms with van der Waals surface area (Å²) < 4.78 is 4.93. The van der Waals surface area contributed by atoms with Crippen LogP contribution in [-0.4, -0.2) is 18.5 Å². The second-order valence-electron chi connectivity index (χ2n) is 6.70. The molecule has 0 saturated heterocycles. The number of halogens is 1. The van der Waals surface area contributed by atoms with E-state index in [0.717, 1.165) is 5.56 Å². The summed E-state index contributed by atoms with van der Waals surface area (Å²) in [6.07, 6.45) is 0. The first-order chi connectivity index (χ1) is 11.7. The van der Waals surface area contributed by atoms with E-state index in [1.165, 1.54) is 6.07 Å². The van der Waals surface area contributed by atoms with Crippen LogP contribution in [0.25, 0.3) is 0 Å². The lowest BCUT2D eigenvalue weighted by molar-refractivity contribution is 0.0526. The summed E-state index contributed by atoms with van der Waals surface area (Å²) in [5.41, 5.74) is 2.51. The maximum atomic E-state index is 12.4. The van der Waals surface area contributed by atoms with Gasteiger partial charge in [0.05, 0.1) is 22.9 Å². The van der Waals surface area contributed by atoms with Gasteiger partial charge in [0.2, 0.25) is 0 Å². The Kier molecular flexibility index (Phi) is 5.85. The number of carbonyl (C=O) groups excluding carboxylic acids is 2. The van der Waals surface area contributed by atoms with Crippen molar-refractivity contribution in [3.05, 3.63) is 64.2 Å². The molecule has 0 saturated carbocycles. The summed E-state index contributed by atoms with van der Waals surface area (Å²) in [4.78, 5) is 24.1. The Bertz CT molecular complexity index is 777. The molecule has 0 bridgehead atoms. The number of benzene rings is 2. The highest BCUT2D eigenvalue weighted by Gasteiger charge is 2.15. The van der Waals surface area contributed by atoms with Gasteiger partial charge >= 0.3 is 5.97 Å². The van der Waals surface area contributed by atoms with Crippen LogP contribution in [0.1, 0.15) is 54.0 Å². The maximum Gasteiger partial charge on any atom is 0.338 e. The number of hydrogen-bond acceptors (Lipinski definition) is 3. The number of ether oxygens (including phenoxy) is 1. The normalized spacial score (nSPS) is 11.1. The Morgan fingerprint density at radius 3 is 2.16 bits per heavy atom. The minimum Gasteiger partial charge on any atom is -0.462 e. The number of anilines is 1. The van der Waals surface area contributed by atoms with Crippen LogP contribution in [0.5, 0.6) is 0 Å².